The molecule has 8 nitrogen and oxygen atoms in total. The maximum Gasteiger partial charge on any atom is 0.261 e. The van der Waals surface area contributed by atoms with Crippen LogP contribution in [0.5, 0.6) is 11.5 Å². The van der Waals surface area contributed by atoms with E-state index in [1.165, 1.54) is 31.9 Å². The number of rotatable bonds is 7. The zero-order valence-electron chi connectivity index (χ0n) is 15.8. The fraction of sp³-hybridized carbons (Fsp3) is 0.316. The van der Waals surface area contributed by atoms with Gasteiger partial charge in [0.1, 0.15) is 16.4 Å². The molecule has 0 fully saturated rings. The molecule has 0 unspecified atom stereocenters. The fourth-order valence-corrected chi connectivity index (χ4v) is 4.21. The van der Waals surface area contributed by atoms with Gasteiger partial charge in [0.25, 0.3) is 15.9 Å². The van der Waals surface area contributed by atoms with E-state index in [2.05, 4.69) is 10.3 Å². The number of anilines is 1. The Morgan fingerprint density at radius 3 is 2.68 bits per heavy atom. The van der Waals surface area contributed by atoms with Crippen molar-refractivity contribution in [2.45, 2.75) is 17.7 Å². The molecule has 2 aromatic rings. The molecule has 9 heteroatoms. The molecule has 2 aromatic carbocycles. The van der Waals surface area contributed by atoms with Crippen LogP contribution >= 0.6 is 0 Å². The van der Waals surface area contributed by atoms with E-state index in [4.69, 9.17) is 9.47 Å². The van der Waals surface area contributed by atoms with E-state index in [1.807, 2.05) is 29.2 Å². The second-order valence-electron chi connectivity index (χ2n) is 6.32. The molecule has 3 rings (SSSR count). The van der Waals surface area contributed by atoms with Crippen LogP contribution in [0.3, 0.4) is 0 Å². The number of hydrogen-bond acceptors (Lipinski definition) is 6. The van der Waals surface area contributed by atoms with Crippen LogP contribution in [0.25, 0.3) is 0 Å². The average molecular weight is 405 g/mol. The van der Waals surface area contributed by atoms with Crippen molar-refractivity contribution in [1.82, 2.24) is 10.3 Å². The van der Waals surface area contributed by atoms with Crippen LogP contribution < -0.4 is 24.6 Å². The zero-order chi connectivity index (χ0) is 20.1. The van der Waals surface area contributed by atoms with Crippen molar-refractivity contribution in [2.24, 2.45) is 0 Å². The summed E-state index contributed by atoms with van der Waals surface area (Å²) in [5.74, 6) is 0.0482. The molecule has 0 aromatic heterocycles. The SMILES string of the molecule is COc1ccc(OC)c(S(=O)(=O)NNC(=O)CN2CCCc3ccccc32)c1. The van der Waals surface area contributed by atoms with E-state index in [1.54, 1.807) is 6.07 Å². The average Bonchev–Trinajstić information content (AvgIpc) is 2.72. The first-order valence-corrected chi connectivity index (χ1v) is 10.3. The maximum absolute atomic E-state index is 12.6. The van der Waals surface area contributed by atoms with E-state index in [0.717, 1.165) is 25.1 Å². The Balaban J connectivity index is 1.68. The first-order valence-electron chi connectivity index (χ1n) is 8.80. The molecular formula is C19H23N3O5S. The molecule has 0 radical (unpaired) electrons. The summed E-state index contributed by atoms with van der Waals surface area (Å²) in [7, 11) is -1.23. The summed E-state index contributed by atoms with van der Waals surface area (Å²) in [6, 6.07) is 12.3. The number of benzene rings is 2. The van der Waals surface area contributed by atoms with Crippen molar-refractivity contribution >= 4 is 21.6 Å². The number of methoxy groups -OCH3 is 2. The summed E-state index contributed by atoms with van der Waals surface area (Å²) in [6.45, 7) is 0.787. The van der Waals surface area contributed by atoms with E-state index in [-0.39, 0.29) is 17.2 Å². The fourth-order valence-electron chi connectivity index (χ4n) is 3.16. The number of nitrogens with zero attached hydrogens (tertiary/aromatic N) is 1. The Labute approximate surface area is 164 Å². The Bertz CT molecular complexity index is 962. The Hall–Kier alpha value is -2.78. The molecule has 0 bridgehead atoms. The standard InChI is InChI=1S/C19H23N3O5S/c1-26-15-9-10-17(27-2)18(12-15)28(24,25)21-20-19(23)13-22-11-5-7-14-6-3-4-8-16(14)22/h3-4,6,8-10,12,21H,5,7,11,13H2,1-2H3,(H,20,23). The van der Waals surface area contributed by atoms with Gasteiger partial charge in [0.15, 0.2) is 0 Å². The molecule has 1 amide bonds. The number of ether oxygens (including phenoxy) is 2. The summed E-state index contributed by atoms with van der Waals surface area (Å²) in [5, 5.41) is 0. The Morgan fingerprint density at radius 1 is 1.14 bits per heavy atom. The largest absolute Gasteiger partial charge is 0.497 e. The van der Waals surface area contributed by atoms with Gasteiger partial charge in [0.2, 0.25) is 0 Å². The molecule has 0 aliphatic carbocycles. The second kappa shape index (κ2) is 8.49. The van der Waals surface area contributed by atoms with Gasteiger partial charge >= 0.3 is 0 Å². The van der Waals surface area contributed by atoms with Crippen LogP contribution in [0.4, 0.5) is 5.69 Å². The predicted octanol–water partition coefficient (Wildman–Crippen LogP) is 1.47. The maximum atomic E-state index is 12.6. The summed E-state index contributed by atoms with van der Waals surface area (Å²) in [4.78, 5) is 16.3. The van der Waals surface area contributed by atoms with Gasteiger partial charge in [-0.3, -0.25) is 10.2 Å². The van der Waals surface area contributed by atoms with Crippen LogP contribution in [0.2, 0.25) is 0 Å². The number of amides is 1. The highest BCUT2D eigenvalue weighted by Gasteiger charge is 2.23. The van der Waals surface area contributed by atoms with Crippen LogP contribution in [-0.4, -0.2) is 41.6 Å². The highest BCUT2D eigenvalue weighted by molar-refractivity contribution is 7.89. The summed E-state index contributed by atoms with van der Waals surface area (Å²) < 4.78 is 35.4. The third-order valence-corrected chi connectivity index (χ3v) is 5.79. The quantitative estimate of drug-likeness (QED) is 0.677. The van der Waals surface area contributed by atoms with Crippen molar-refractivity contribution in [3.05, 3.63) is 48.0 Å². The number of para-hydroxylation sites is 1. The molecule has 1 aliphatic heterocycles. The molecule has 0 spiro atoms. The third-order valence-electron chi connectivity index (χ3n) is 4.53. The van der Waals surface area contributed by atoms with Crippen LogP contribution in [0, 0.1) is 0 Å². The molecule has 0 saturated heterocycles. The van der Waals surface area contributed by atoms with Gasteiger partial charge in [0.05, 0.1) is 20.8 Å². The molecule has 0 saturated carbocycles. The Kier molecular flexibility index (Phi) is 6.05. The normalized spacial score (nSPS) is 13.6. The number of hydrazine groups is 1. The summed E-state index contributed by atoms with van der Waals surface area (Å²) in [5.41, 5.74) is 4.46. The van der Waals surface area contributed by atoms with Crippen LogP contribution in [0.15, 0.2) is 47.4 Å². The number of hydrogen-bond donors (Lipinski definition) is 2. The zero-order valence-corrected chi connectivity index (χ0v) is 16.6. The van der Waals surface area contributed by atoms with Gasteiger partial charge in [0, 0.05) is 18.3 Å². The number of nitrogens with one attached hydrogen (secondary N) is 2. The van der Waals surface area contributed by atoms with Crippen molar-refractivity contribution < 1.29 is 22.7 Å². The highest BCUT2D eigenvalue weighted by atomic mass is 32.2. The number of aryl methyl sites for hydroxylation is 1. The van der Waals surface area contributed by atoms with Gasteiger partial charge in [-0.15, -0.1) is 4.83 Å². The van der Waals surface area contributed by atoms with Crippen molar-refractivity contribution in [3.63, 3.8) is 0 Å². The molecule has 2 N–H and O–H groups in total. The van der Waals surface area contributed by atoms with E-state index in [9.17, 15) is 13.2 Å². The Morgan fingerprint density at radius 2 is 1.93 bits per heavy atom. The smallest absolute Gasteiger partial charge is 0.261 e. The lowest BCUT2D eigenvalue weighted by Crippen LogP contribution is -2.47. The first kappa shape index (κ1) is 20.0. The van der Waals surface area contributed by atoms with E-state index >= 15 is 0 Å². The number of carbonyl (C=O) groups is 1. The minimum absolute atomic E-state index is 0.0504. The molecule has 28 heavy (non-hydrogen) atoms. The minimum atomic E-state index is -4.04. The summed E-state index contributed by atoms with van der Waals surface area (Å²) in [6.07, 6.45) is 1.91. The molecule has 1 aliphatic rings. The van der Waals surface area contributed by atoms with E-state index < -0.39 is 15.9 Å². The molecular weight excluding hydrogens is 382 g/mol. The topological polar surface area (TPSA) is 97.0 Å². The van der Waals surface area contributed by atoms with Gasteiger partial charge in [-0.05, 0) is 36.6 Å². The number of fused-ring (bicyclic) bond motifs is 1. The molecule has 150 valence electrons. The number of sulfonamides is 1. The third kappa shape index (κ3) is 4.37. The van der Waals surface area contributed by atoms with Gasteiger partial charge in [-0.25, -0.2) is 8.42 Å². The van der Waals surface area contributed by atoms with Gasteiger partial charge in [-0.1, -0.05) is 18.2 Å². The first-order chi connectivity index (χ1) is 13.4. The molecule has 0 atom stereocenters. The van der Waals surface area contributed by atoms with Crippen molar-refractivity contribution in [1.29, 1.82) is 0 Å². The molecule has 1 heterocycles. The second-order valence-corrected chi connectivity index (χ2v) is 7.98. The van der Waals surface area contributed by atoms with Crippen LogP contribution in [-0.2, 0) is 21.2 Å². The van der Waals surface area contributed by atoms with Crippen molar-refractivity contribution in [3.8, 4) is 11.5 Å². The number of carbonyl (C=O) groups excluding carboxylic acids is 1. The summed E-state index contributed by atoms with van der Waals surface area (Å²) >= 11 is 0. The minimum Gasteiger partial charge on any atom is -0.497 e. The van der Waals surface area contributed by atoms with Crippen molar-refractivity contribution in [2.75, 3.05) is 32.2 Å². The lowest BCUT2D eigenvalue weighted by atomic mass is 10.0. The lowest BCUT2D eigenvalue weighted by Gasteiger charge is -2.30. The highest BCUT2D eigenvalue weighted by Crippen LogP contribution is 2.28. The van der Waals surface area contributed by atoms with Gasteiger partial charge in [-0.2, -0.15) is 0 Å². The monoisotopic (exact) mass is 405 g/mol. The lowest BCUT2D eigenvalue weighted by molar-refractivity contribution is -0.120. The van der Waals surface area contributed by atoms with Gasteiger partial charge < -0.3 is 14.4 Å². The predicted molar refractivity (Wildman–Crippen MR) is 105 cm³/mol. The van der Waals surface area contributed by atoms with E-state index in [0.29, 0.717) is 5.75 Å². The van der Waals surface area contributed by atoms with Crippen LogP contribution in [0.1, 0.15) is 12.0 Å².